The summed E-state index contributed by atoms with van der Waals surface area (Å²) in [5, 5.41) is 16.3. The molecular formula is C32H33ClFN5O2. The molecule has 2 atom stereocenters. The van der Waals surface area contributed by atoms with E-state index in [1.54, 1.807) is 6.20 Å². The molecule has 1 saturated carbocycles. The van der Waals surface area contributed by atoms with Gasteiger partial charge in [0.1, 0.15) is 29.2 Å². The van der Waals surface area contributed by atoms with Crippen LogP contribution in [0.1, 0.15) is 44.9 Å². The van der Waals surface area contributed by atoms with E-state index in [0.29, 0.717) is 46.7 Å². The maximum Gasteiger partial charge on any atom is 0.319 e. The summed E-state index contributed by atoms with van der Waals surface area (Å²) in [6.07, 6.45) is 8.89. The number of anilines is 1. The van der Waals surface area contributed by atoms with E-state index in [4.69, 9.17) is 21.3 Å². The van der Waals surface area contributed by atoms with Gasteiger partial charge in [-0.05, 0) is 42.6 Å². The zero-order chi connectivity index (χ0) is 27.8. The predicted octanol–water partition coefficient (Wildman–Crippen LogP) is 6.89. The molecule has 4 fully saturated rings. The van der Waals surface area contributed by atoms with Crippen molar-refractivity contribution in [1.29, 1.82) is 0 Å². The van der Waals surface area contributed by atoms with Gasteiger partial charge in [0.05, 0.1) is 18.5 Å². The van der Waals surface area contributed by atoms with Crippen molar-refractivity contribution in [2.75, 3.05) is 37.7 Å². The lowest BCUT2D eigenvalue weighted by atomic mass is 9.95. The second kappa shape index (κ2) is 9.48. The smallest absolute Gasteiger partial charge is 0.319 e. The zero-order valence-electron chi connectivity index (χ0n) is 23.0. The maximum atomic E-state index is 16.6. The maximum absolute atomic E-state index is 16.6. The Labute approximate surface area is 243 Å². The normalized spacial score (nSPS) is 29.0. The molecule has 3 saturated heterocycles. The molecule has 4 aliphatic rings. The van der Waals surface area contributed by atoms with E-state index < -0.39 is 11.4 Å². The molecule has 2 unspecified atom stereocenters. The van der Waals surface area contributed by atoms with Crippen LogP contribution in [0.4, 0.5) is 10.2 Å². The molecule has 0 spiro atoms. The highest BCUT2D eigenvalue weighted by molar-refractivity contribution is 6.36. The summed E-state index contributed by atoms with van der Waals surface area (Å²) in [4.78, 5) is 16.4. The standard InChI is InChI=1S/C32H33ClFN5O2/c33-25-8-2-6-22-5-1-7-23(26(22)25)28-27(34)29-24(16-35-28)30(38-17-20-9-10-21(15-20)18-38)37-31(36-29)41-19-32-11-3-13-39(32,40)14-4-12-32/h1-2,5-8,16,20-21H,3-4,9-15,17-19H2. The van der Waals surface area contributed by atoms with Gasteiger partial charge in [-0.25, -0.2) is 4.39 Å². The Hall–Kier alpha value is -3.07. The van der Waals surface area contributed by atoms with E-state index in [-0.39, 0.29) is 28.5 Å². The molecule has 2 aromatic heterocycles. The van der Waals surface area contributed by atoms with E-state index in [1.807, 2.05) is 36.4 Å². The minimum Gasteiger partial charge on any atom is -0.632 e. The van der Waals surface area contributed by atoms with E-state index in [2.05, 4.69) is 14.9 Å². The number of hydrogen-bond acceptors (Lipinski definition) is 6. The second-order valence-corrected chi connectivity index (χ2v) is 13.1. The first-order valence-corrected chi connectivity index (χ1v) is 15.3. The van der Waals surface area contributed by atoms with Crippen molar-refractivity contribution in [2.24, 2.45) is 11.8 Å². The quantitative estimate of drug-likeness (QED) is 0.191. The van der Waals surface area contributed by atoms with Gasteiger partial charge in [0.25, 0.3) is 0 Å². The Balaban J connectivity index is 1.25. The number of hydrogen-bond donors (Lipinski definition) is 0. The van der Waals surface area contributed by atoms with E-state index in [9.17, 15) is 5.21 Å². The molecule has 1 aliphatic carbocycles. The highest BCUT2D eigenvalue weighted by Gasteiger charge is 2.54. The molecule has 212 valence electrons. The third-order valence-electron chi connectivity index (χ3n) is 10.3. The number of aromatic nitrogens is 3. The van der Waals surface area contributed by atoms with Gasteiger partial charge >= 0.3 is 6.01 Å². The van der Waals surface area contributed by atoms with Crippen LogP contribution in [-0.2, 0) is 0 Å². The van der Waals surface area contributed by atoms with E-state index in [0.717, 1.165) is 49.5 Å². The molecule has 5 heterocycles. The molecule has 41 heavy (non-hydrogen) atoms. The molecule has 3 aliphatic heterocycles. The lowest BCUT2D eigenvalue weighted by Gasteiger charge is -2.47. The lowest BCUT2D eigenvalue weighted by molar-refractivity contribution is -0.905. The summed E-state index contributed by atoms with van der Waals surface area (Å²) in [7, 11) is 0. The first kappa shape index (κ1) is 25.6. The first-order valence-electron chi connectivity index (χ1n) is 14.9. The lowest BCUT2D eigenvalue weighted by Crippen LogP contribution is -2.55. The van der Waals surface area contributed by atoms with E-state index in [1.165, 1.54) is 19.3 Å². The first-order chi connectivity index (χ1) is 19.9. The summed E-state index contributed by atoms with van der Waals surface area (Å²) in [5.41, 5.74) is 0.557. The predicted molar refractivity (Wildman–Crippen MR) is 158 cm³/mol. The number of quaternary nitrogens is 1. The van der Waals surface area contributed by atoms with Gasteiger partial charge in [0.15, 0.2) is 5.82 Å². The van der Waals surface area contributed by atoms with Crippen molar-refractivity contribution in [2.45, 2.75) is 50.5 Å². The molecule has 7 nitrogen and oxygen atoms in total. The number of nitrogens with zero attached hydrogens (tertiary/aromatic N) is 5. The fourth-order valence-electron chi connectivity index (χ4n) is 8.30. The van der Waals surface area contributed by atoms with Crippen molar-refractivity contribution in [3.8, 4) is 17.3 Å². The number of ether oxygens (including phenoxy) is 1. The molecular weight excluding hydrogens is 541 g/mol. The molecule has 9 heteroatoms. The van der Waals surface area contributed by atoms with Crippen LogP contribution < -0.4 is 9.64 Å². The third-order valence-corrected chi connectivity index (χ3v) is 10.6. The van der Waals surface area contributed by atoms with Crippen molar-refractivity contribution < 1.29 is 13.8 Å². The van der Waals surface area contributed by atoms with Gasteiger partial charge in [-0.15, -0.1) is 0 Å². The number of halogens is 2. The van der Waals surface area contributed by atoms with Crippen LogP contribution in [0.3, 0.4) is 0 Å². The van der Waals surface area contributed by atoms with Crippen LogP contribution in [0.25, 0.3) is 32.9 Å². The summed E-state index contributed by atoms with van der Waals surface area (Å²) in [6.45, 7) is 3.30. The third kappa shape index (κ3) is 4.02. The average molecular weight is 574 g/mol. The molecule has 0 N–H and O–H groups in total. The van der Waals surface area contributed by atoms with Crippen LogP contribution >= 0.6 is 11.6 Å². The van der Waals surface area contributed by atoms with Crippen LogP contribution in [0, 0.1) is 22.9 Å². The summed E-state index contributed by atoms with van der Waals surface area (Å²) in [5.74, 6) is 1.39. The monoisotopic (exact) mass is 573 g/mol. The van der Waals surface area contributed by atoms with E-state index >= 15 is 4.39 Å². The largest absolute Gasteiger partial charge is 0.632 e. The second-order valence-electron chi connectivity index (χ2n) is 12.7. The highest BCUT2D eigenvalue weighted by Crippen LogP contribution is 2.46. The number of pyridine rings is 1. The summed E-state index contributed by atoms with van der Waals surface area (Å²) >= 11 is 6.60. The molecule has 8 rings (SSSR count). The molecule has 0 amide bonds. The van der Waals surface area contributed by atoms with Crippen molar-refractivity contribution in [3.63, 3.8) is 0 Å². The molecule has 2 aromatic carbocycles. The Morgan fingerprint density at radius 3 is 2.54 bits per heavy atom. The minimum absolute atomic E-state index is 0.136. The molecule has 0 radical (unpaired) electrons. The Morgan fingerprint density at radius 1 is 1.05 bits per heavy atom. The number of hydroxylamine groups is 3. The van der Waals surface area contributed by atoms with Crippen molar-refractivity contribution in [1.82, 2.24) is 15.0 Å². The zero-order valence-corrected chi connectivity index (χ0v) is 23.7. The van der Waals surface area contributed by atoms with Crippen LogP contribution in [0.5, 0.6) is 6.01 Å². The van der Waals surface area contributed by atoms with Crippen molar-refractivity contribution >= 4 is 39.1 Å². The van der Waals surface area contributed by atoms with Gasteiger partial charge in [-0.2, -0.15) is 9.97 Å². The van der Waals surface area contributed by atoms with Gasteiger partial charge in [0.2, 0.25) is 0 Å². The molecule has 4 aromatic rings. The SMILES string of the molecule is [O-][N+]12CCCC1(COc1nc(N3CC4CCC(C4)C3)c3cnc(-c4cccc5cccc(Cl)c45)c(F)c3n1)CCC2. The number of benzene rings is 2. The number of fused-ring (bicyclic) bond motifs is 5. The van der Waals surface area contributed by atoms with Gasteiger partial charge in [-0.3, -0.25) is 4.98 Å². The fourth-order valence-corrected chi connectivity index (χ4v) is 8.58. The van der Waals surface area contributed by atoms with Crippen molar-refractivity contribution in [3.05, 3.63) is 58.6 Å². The van der Waals surface area contributed by atoms with Gasteiger partial charge in [-0.1, -0.05) is 41.9 Å². The Bertz CT molecular complexity index is 1650. The minimum atomic E-state index is -0.516. The summed E-state index contributed by atoms with van der Waals surface area (Å²) < 4.78 is 22.7. The average Bonchev–Trinajstić information content (AvgIpc) is 3.60. The Kier molecular flexibility index (Phi) is 5.92. The number of rotatable bonds is 5. The van der Waals surface area contributed by atoms with Gasteiger partial charge in [0, 0.05) is 60.9 Å². The molecule has 2 bridgehead atoms. The van der Waals surface area contributed by atoms with Crippen LogP contribution in [0.2, 0.25) is 5.02 Å². The fraction of sp³-hybridized carbons (Fsp3) is 0.469. The van der Waals surface area contributed by atoms with Crippen LogP contribution in [0.15, 0.2) is 42.6 Å². The van der Waals surface area contributed by atoms with Crippen LogP contribution in [-0.4, -0.2) is 57.9 Å². The highest BCUT2D eigenvalue weighted by atomic mass is 35.5. The topological polar surface area (TPSA) is 74.2 Å². The summed E-state index contributed by atoms with van der Waals surface area (Å²) in [6, 6.07) is 11.5. The number of piperidine rings is 1. The van der Waals surface area contributed by atoms with Gasteiger partial charge < -0.3 is 19.5 Å². The Morgan fingerprint density at radius 2 is 1.78 bits per heavy atom.